The lowest BCUT2D eigenvalue weighted by molar-refractivity contribution is -0.121. The molecule has 2 aromatic heterocycles. The molecule has 0 atom stereocenters. The summed E-state index contributed by atoms with van der Waals surface area (Å²) in [4.78, 5) is 30.6. The molecule has 0 radical (unpaired) electrons. The number of hydrogen-bond donors (Lipinski definition) is 4. The molecule has 4 N–H and O–H groups in total. The summed E-state index contributed by atoms with van der Waals surface area (Å²) in [5, 5.41) is 2.01. The number of carbonyl (C=O) groups excluding carboxylic acids is 2. The third-order valence-electron chi connectivity index (χ3n) is 4.67. The summed E-state index contributed by atoms with van der Waals surface area (Å²) in [6.45, 7) is 0. The fraction of sp³-hybridized carbons (Fsp3) is 0.143. The van der Waals surface area contributed by atoms with Gasteiger partial charge in [0.05, 0.1) is 5.56 Å². The second-order valence-electron chi connectivity index (χ2n) is 6.46. The molecule has 2 heterocycles. The van der Waals surface area contributed by atoms with Crippen molar-refractivity contribution in [2.45, 2.75) is 19.3 Å². The van der Waals surface area contributed by atoms with E-state index < -0.39 is 0 Å². The highest BCUT2D eigenvalue weighted by atomic mass is 16.2. The van der Waals surface area contributed by atoms with E-state index in [1.807, 2.05) is 48.7 Å². The quantitative estimate of drug-likeness (QED) is 0.411. The normalized spacial score (nSPS) is 11.0. The van der Waals surface area contributed by atoms with Crippen LogP contribution in [-0.2, 0) is 11.2 Å². The predicted octanol–water partition coefficient (Wildman–Crippen LogP) is 3.43. The molecule has 2 amide bonds. The topological polar surface area (TPSA) is 89.8 Å². The van der Waals surface area contributed by atoms with Crippen LogP contribution in [0.3, 0.4) is 0 Å². The minimum Gasteiger partial charge on any atom is -0.361 e. The molecule has 0 saturated carbocycles. The molecule has 0 fully saturated rings. The molecule has 2 aromatic carbocycles. The first kappa shape index (κ1) is 16.9. The highest BCUT2D eigenvalue weighted by Gasteiger charge is 2.12. The standard InChI is InChI=1S/C21H20N4O2/c26-20(11-5-6-14-12-22-18-9-3-1-7-15(14)18)24-25-21(27)17-13-23-19-10-4-2-8-16(17)19/h1-4,7-10,12-13,22-23H,5-6,11H2,(H,24,26)(H,25,27). The lowest BCUT2D eigenvalue weighted by atomic mass is 10.1. The maximum Gasteiger partial charge on any atom is 0.271 e. The van der Waals surface area contributed by atoms with Crippen LogP contribution >= 0.6 is 0 Å². The Labute approximate surface area is 155 Å². The van der Waals surface area contributed by atoms with Gasteiger partial charge in [-0.15, -0.1) is 0 Å². The Hall–Kier alpha value is -3.54. The van der Waals surface area contributed by atoms with Crippen LogP contribution in [0.15, 0.2) is 60.9 Å². The number of rotatable bonds is 5. The number of aromatic amines is 2. The average molecular weight is 360 g/mol. The van der Waals surface area contributed by atoms with Crippen molar-refractivity contribution in [2.75, 3.05) is 0 Å². The van der Waals surface area contributed by atoms with E-state index in [2.05, 4.69) is 26.9 Å². The zero-order chi connectivity index (χ0) is 18.6. The van der Waals surface area contributed by atoms with Crippen molar-refractivity contribution in [3.05, 3.63) is 72.1 Å². The smallest absolute Gasteiger partial charge is 0.271 e. The molecular weight excluding hydrogens is 340 g/mol. The molecule has 0 aliphatic heterocycles. The van der Waals surface area contributed by atoms with Crippen LogP contribution in [0.5, 0.6) is 0 Å². The zero-order valence-corrected chi connectivity index (χ0v) is 14.7. The Kier molecular flexibility index (Phi) is 4.61. The summed E-state index contributed by atoms with van der Waals surface area (Å²) in [7, 11) is 0. The van der Waals surface area contributed by atoms with E-state index in [4.69, 9.17) is 0 Å². The van der Waals surface area contributed by atoms with Crippen molar-refractivity contribution in [1.29, 1.82) is 0 Å². The Morgan fingerprint density at radius 2 is 1.48 bits per heavy atom. The Morgan fingerprint density at radius 1 is 0.815 bits per heavy atom. The van der Waals surface area contributed by atoms with Gasteiger partial charge in [-0.2, -0.15) is 0 Å². The van der Waals surface area contributed by atoms with Crippen LogP contribution in [0, 0.1) is 0 Å². The molecule has 0 unspecified atom stereocenters. The Morgan fingerprint density at radius 3 is 2.30 bits per heavy atom. The van der Waals surface area contributed by atoms with Crippen molar-refractivity contribution in [3.63, 3.8) is 0 Å². The van der Waals surface area contributed by atoms with E-state index in [9.17, 15) is 9.59 Å². The van der Waals surface area contributed by atoms with Crippen LogP contribution in [0.2, 0.25) is 0 Å². The minimum absolute atomic E-state index is 0.206. The Bertz CT molecular complexity index is 1110. The highest BCUT2D eigenvalue weighted by Crippen LogP contribution is 2.19. The third kappa shape index (κ3) is 3.55. The number of benzene rings is 2. The van der Waals surface area contributed by atoms with Crippen LogP contribution in [0.4, 0.5) is 0 Å². The summed E-state index contributed by atoms with van der Waals surface area (Å²) in [6, 6.07) is 15.6. The molecule has 0 saturated heterocycles. The molecule has 0 aliphatic rings. The van der Waals surface area contributed by atoms with Crippen LogP contribution in [0.1, 0.15) is 28.8 Å². The Balaban J connectivity index is 1.28. The lowest BCUT2D eigenvalue weighted by Crippen LogP contribution is -2.41. The molecular formula is C21H20N4O2. The van der Waals surface area contributed by atoms with Crippen molar-refractivity contribution in [1.82, 2.24) is 20.8 Å². The number of hydrogen-bond acceptors (Lipinski definition) is 2. The summed E-state index contributed by atoms with van der Waals surface area (Å²) in [6.07, 6.45) is 5.47. The molecule has 136 valence electrons. The van der Waals surface area contributed by atoms with Gasteiger partial charge in [-0.25, -0.2) is 0 Å². The number of fused-ring (bicyclic) bond motifs is 2. The van der Waals surface area contributed by atoms with E-state index in [0.29, 0.717) is 18.4 Å². The largest absolute Gasteiger partial charge is 0.361 e. The van der Waals surface area contributed by atoms with Crippen molar-refractivity contribution < 1.29 is 9.59 Å². The number of carbonyl (C=O) groups is 2. The number of hydrazine groups is 1. The highest BCUT2D eigenvalue weighted by molar-refractivity contribution is 6.07. The van der Waals surface area contributed by atoms with E-state index in [1.54, 1.807) is 6.20 Å². The van der Waals surface area contributed by atoms with Gasteiger partial charge in [0.25, 0.3) is 5.91 Å². The predicted molar refractivity (Wildman–Crippen MR) is 105 cm³/mol. The van der Waals surface area contributed by atoms with Gasteiger partial charge in [0, 0.05) is 40.6 Å². The number of aromatic nitrogens is 2. The first-order valence-corrected chi connectivity index (χ1v) is 8.92. The number of amides is 2. The fourth-order valence-electron chi connectivity index (χ4n) is 3.29. The number of aryl methyl sites for hydroxylation is 1. The van der Waals surface area contributed by atoms with Gasteiger partial charge in [-0.05, 0) is 30.5 Å². The van der Waals surface area contributed by atoms with E-state index in [-0.39, 0.29) is 11.8 Å². The minimum atomic E-state index is -0.336. The average Bonchev–Trinajstić information content (AvgIpc) is 3.31. The molecule has 0 bridgehead atoms. The SMILES string of the molecule is O=C(CCCc1c[nH]c2ccccc12)NNC(=O)c1c[nH]c2ccccc12. The number of nitrogens with one attached hydrogen (secondary N) is 4. The molecule has 6 nitrogen and oxygen atoms in total. The maximum absolute atomic E-state index is 12.3. The van der Waals surface area contributed by atoms with Gasteiger partial charge >= 0.3 is 0 Å². The lowest BCUT2D eigenvalue weighted by Gasteiger charge is -2.07. The van der Waals surface area contributed by atoms with Crippen molar-refractivity contribution in [2.24, 2.45) is 0 Å². The van der Waals surface area contributed by atoms with Crippen LogP contribution < -0.4 is 10.9 Å². The number of H-pyrrole nitrogens is 2. The van der Waals surface area contributed by atoms with Gasteiger partial charge in [0.15, 0.2) is 0 Å². The van der Waals surface area contributed by atoms with Crippen molar-refractivity contribution >= 4 is 33.6 Å². The fourth-order valence-corrected chi connectivity index (χ4v) is 3.29. The first-order valence-electron chi connectivity index (χ1n) is 8.92. The summed E-state index contributed by atoms with van der Waals surface area (Å²) in [5.74, 6) is -0.541. The first-order chi connectivity index (χ1) is 13.2. The van der Waals surface area contributed by atoms with Gasteiger partial charge in [-0.1, -0.05) is 36.4 Å². The second kappa shape index (κ2) is 7.37. The monoisotopic (exact) mass is 360 g/mol. The molecule has 4 rings (SSSR count). The van der Waals surface area contributed by atoms with Gasteiger partial charge in [-0.3, -0.25) is 20.4 Å². The summed E-state index contributed by atoms with van der Waals surface area (Å²) in [5.41, 5.74) is 8.66. The van der Waals surface area contributed by atoms with E-state index in [1.165, 1.54) is 10.9 Å². The van der Waals surface area contributed by atoms with Crippen LogP contribution in [0.25, 0.3) is 21.8 Å². The summed E-state index contributed by atoms with van der Waals surface area (Å²) < 4.78 is 0. The molecule has 0 spiro atoms. The molecule has 0 aliphatic carbocycles. The van der Waals surface area contributed by atoms with Crippen LogP contribution in [-0.4, -0.2) is 21.8 Å². The molecule has 27 heavy (non-hydrogen) atoms. The summed E-state index contributed by atoms with van der Waals surface area (Å²) >= 11 is 0. The number of para-hydroxylation sites is 2. The second-order valence-corrected chi connectivity index (χ2v) is 6.46. The van der Waals surface area contributed by atoms with E-state index in [0.717, 1.165) is 22.8 Å². The van der Waals surface area contributed by atoms with Gasteiger partial charge in [0.1, 0.15) is 0 Å². The van der Waals surface area contributed by atoms with Gasteiger partial charge < -0.3 is 9.97 Å². The van der Waals surface area contributed by atoms with E-state index >= 15 is 0 Å². The molecule has 6 heteroatoms. The molecule has 4 aromatic rings. The van der Waals surface area contributed by atoms with Crippen molar-refractivity contribution in [3.8, 4) is 0 Å². The third-order valence-corrected chi connectivity index (χ3v) is 4.67. The van der Waals surface area contributed by atoms with Gasteiger partial charge in [0.2, 0.25) is 5.91 Å². The maximum atomic E-state index is 12.3. The zero-order valence-electron chi connectivity index (χ0n) is 14.7.